The molecule has 0 N–H and O–H groups in total. The highest BCUT2D eigenvalue weighted by Crippen LogP contribution is 2.43. The van der Waals surface area contributed by atoms with E-state index in [0.29, 0.717) is 36.6 Å². The van der Waals surface area contributed by atoms with Gasteiger partial charge in [-0.05, 0) is 25.1 Å². The number of aromatic nitrogens is 3. The maximum Gasteiger partial charge on any atom is 0.272 e. The maximum atomic E-state index is 13.5. The zero-order valence-corrected chi connectivity index (χ0v) is 15.7. The van der Waals surface area contributed by atoms with E-state index in [4.69, 9.17) is 4.52 Å². The fourth-order valence-electron chi connectivity index (χ4n) is 4.42. The van der Waals surface area contributed by atoms with Crippen LogP contribution in [0.3, 0.4) is 0 Å². The van der Waals surface area contributed by atoms with Gasteiger partial charge in [0, 0.05) is 25.4 Å². The Morgan fingerprint density at radius 2 is 2.14 bits per heavy atom. The third-order valence-corrected chi connectivity index (χ3v) is 5.75. The van der Waals surface area contributed by atoms with Crippen molar-refractivity contribution in [1.29, 1.82) is 0 Å². The lowest BCUT2D eigenvalue weighted by Crippen LogP contribution is -2.60. The van der Waals surface area contributed by atoms with Gasteiger partial charge in [0.05, 0.1) is 17.8 Å². The highest BCUT2D eigenvalue weighted by atomic mass is 16.5. The standard InChI is InChI=1S/C20H20N5O3/c1-14-16(12-28-21-14)18(26)24-9-10-25-19(27)17-6-4-8-23(17)13-20(24,25)15-5-3-7-22(2)11-15/h3-8,11-12H,9-10,13H2,1-2H3/q+1. The summed E-state index contributed by atoms with van der Waals surface area (Å²) >= 11 is 0. The van der Waals surface area contributed by atoms with Crippen LogP contribution in [0.25, 0.3) is 0 Å². The van der Waals surface area contributed by atoms with Crippen molar-refractivity contribution in [1.82, 2.24) is 19.5 Å². The largest absolute Gasteiger partial charge is 0.364 e. The molecule has 28 heavy (non-hydrogen) atoms. The average molecular weight is 378 g/mol. The van der Waals surface area contributed by atoms with Crippen molar-refractivity contribution in [3.63, 3.8) is 0 Å². The summed E-state index contributed by atoms with van der Waals surface area (Å²) in [5.41, 5.74) is 1.60. The van der Waals surface area contributed by atoms with Crippen LogP contribution in [0, 0.1) is 6.92 Å². The molecule has 1 atom stereocenters. The van der Waals surface area contributed by atoms with Gasteiger partial charge in [-0.25, -0.2) is 4.57 Å². The molecule has 0 spiro atoms. The van der Waals surface area contributed by atoms with Gasteiger partial charge in [0.15, 0.2) is 18.1 Å². The van der Waals surface area contributed by atoms with Gasteiger partial charge in [0.1, 0.15) is 24.6 Å². The van der Waals surface area contributed by atoms with Gasteiger partial charge in [-0.15, -0.1) is 0 Å². The summed E-state index contributed by atoms with van der Waals surface area (Å²) in [7, 11) is 1.93. The first-order valence-corrected chi connectivity index (χ1v) is 9.18. The second-order valence-corrected chi connectivity index (χ2v) is 7.32. The summed E-state index contributed by atoms with van der Waals surface area (Å²) in [5.74, 6) is -0.253. The van der Waals surface area contributed by atoms with Crippen molar-refractivity contribution < 1.29 is 18.7 Å². The zero-order valence-electron chi connectivity index (χ0n) is 15.7. The molecule has 0 aliphatic carbocycles. The van der Waals surface area contributed by atoms with Crippen molar-refractivity contribution in [3.05, 3.63) is 71.6 Å². The van der Waals surface area contributed by atoms with Crippen molar-refractivity contribution >= 4 is 11.8 Å². The number of carbonyl (C=O) groups is 2. The quantitative estimate of drug-likeness (QED) is 0.626. The Kier molecular flexibility index (Phi) is 3.46. The molecule has 2 aliphatic rings. The fraction of sp³-hybridized carbons (Fsp3) is 0.300. The molecule has 8 heteroatoms. The van der Waals surface area contributed by atoms with E-state index in [2.05, 4.69) is 5.16 Å². The molecule has 142 valence electrons. The van der Waals surface area contributed by atoms with Gasteiger partial charge in [-0.3, -0.25) is 9.59 Å². The first-order chi connectivity index (χ1) is 13.5. The van der Waals surface area contributed by atoms with Gasteiger partial charge in [-0.2, -0.15) is 0 Å². The fourth-order valence-corrected chi connectivity index (χ4v) is 4.42. The van der Waals surface area contributed by atoms with Gasteiger partial charge < -0.3 is 18.9 Å². The second kappa shape index (κ2) is 5.79. The molecule has 2 aliphatic heterocycles. The number of amides is 2. The van der Waals surface area contributed by atoms with Gasteiger partial charge in [0.25, 0.3) is 11.8 Å². The molecular weight excluding hydrogens is 358 g/mol. The highest BCUT2D eigenvalue weighted by molar-refractivity contribution is 5.98. The minimum atomic E-state index is -0.900. The van der Waals surface area contributed by atoms with Gasteiger partial charge >= 0.3 is 0 Å². The van der Waals surface area contributed by atoms with Crippen LogP contribution in [0.5, 0.6) is 0 Å². The molecule has 1 fully saturated rings. The third-order valence-electron chi connectivity index (χ3n) is 5.75. The van der Waals surface area contributed by atoms with Crippen molar-refractivity contribution in [2.24, 2.45) is 7.05 Å². The number of aryl methyl sites for hydroxylation is 2. The zero-order chi connectivity index (χ0) is 19.5. The summed E-state index contributed by atoms with van der Waals surface area (Å²) in [4.78, 5) is 30.3. The maximum absolute atomic E-state index is 13.5. The van der Waals surface area contributed by atoms with Crippen LogP contribution in [-0.4, -0.2) is 44.4 Å². The van der Waals surface area contributed by atoms with Crippen LogP contribution in [0.4, 0.5) is 0 Å². The van der Waals surface area contributed by atoms with Crippen molar-refractivity contribution in [2.45, 2.75) is 19.1 Å². The summed E-state index contributed by atoms with van der Waals surface area (Å²) < 4.78 is 8.86. The van der Waals surface area contributed by atoms with E-state index in [9.17, 15) is 9.59 Å². The van der Waals surface area contributed by atoms with Crippen LogP contribution in [-0.2, 0) is 19.3 Å². The molecule has 0 bridgehead atoms. The van der Waals surface area contributed by atoms with E-state index >= 15 is 0 Å². The van der Waals surface area contributed by atoms with E-state index < -0.39 is 5.66 Å². The molecule has 0 saturated carbocycles. The SMILES string of the molecule is Cc1nocc1C(=O)N1CCN2C(=O)c3cccn3CC12c1ccc[n+](C)c1. The predicted molar refractivity (Wildman–Crippen MR) is 97.0 cm³/mol. The first kappa shape index (κ1) is 16.7. The Morgan fingerprint density at radius 3 is 2.89 bits per heavy atom. The highest BCUT2D eigenvalue weighted by Gasteiger charge is 2.57. The molecule has 0 radical (unpaired) electrons. The molecule has 3 aromatic heterocycles. The molecule has 5 heterocycles. The molecule has 3 aromatic rings. The molecular formula is C20H20N5O3+. The minimum absolute atomic E-state index is 0.0694. The van der Waals surface area contributed by atoms with Crippen LogP contribution in [0.15, 0.2) is 53.6 Å². The molecule has 1 saturated heterocycles. The number of carbonyl (C=O) groups excluding carboxylic acids is 2. The summed E-state index contributed by atoms with van der Waals surface area (Å²) in [5, 5.41) is 3.85. The Hall–Kier alpha value is -3.42. The van der Waals surface area contributed by atoms with Crippen LogP contribution < -0.4 is 4.57 Å². The normalized spacial score (nSPS) is 21.0. The number of nitrogens with zero attached hydrogens (tertiary/aromatic N) is 5. The Labute approximate surface area is 161 Å². The molecule has 5 rings (SSSR count). The van der Waals surface area contributed by atoms with E-state index in [1.807, 2.05) is 63.9 Å². The summed E-state index contributed by atoms with van der Waals surface area (Å²) in [6.45, 7) is 3.13. The minimum Gasteiger partial charge on any atom is -0.364 e. The Morgan fingerprint density at radius 1 is 1.29 bits per heavy atom. The van der Waals surface area contributed by atoms with Crippen LogP contribution in [0.1, 0.15) is 32.1 Å². The van der Waals surface area contributed by atoms with E-state index in [-0.39, 0.29) is 11.8 Å². The Bertz CT molecular complexity index is 1100. The van der Waals surface area contributed by atoms with E-state index in [1.165, 1.54) is 6.26 Å². The number of rotatable bonds is 2. The lowest BCUT2D eigenvalue weighted by molar-refractivity contribution is -0.672. The number of pyridine rings is 1. The second-order valence-electron chi connectivity index (χ2n) is 7.32. The van der Waals surface area contributed by atoms with Crippen molar-refractivity contribution in [2.75, 3.05) is 13.1 Å². The third kappa shape index (κ3) is 2.11. The van der Waals surface area contributed by atoms with E-state index in [0.717, 1.165) is 5.56 Å². The van der Waals surface area contributed by atoms with Crippen LogP contribution >= 0.6 is 0 Å². The summed E-state index contributed by atoms with van der Waals surface area (Å²) in [6, 6.07) is 7.60. The molecule has 0 aromatic carbocycles. The average Bonchev–Trinajstić information content (AvgIpc) is 3.40. The molecule has 2 amide bonds. The molecule has 8 nitrogen and oxygen atoms in total. The Balaban J connectivity index is 1.72. The summed E-state index contributed by atoms with van der Waals surface area (Å²) in [6.07, 6.45) is 7.17. The van der Waals surface area contributed by atoms with E-state index in [1.54, 1.807) is 11.8 Å². The van der Waals surface area contributed by atoms with Crippen molar-refractivity contribution in [3.8, 4) is 0 Å². The van der Waals surface area contributed by atoms with Crippen LogP contribution in [0.2, 0.25) is 0 Å². The lowest BCUT2D eigenvalue weighted by Gasteiger charge is -2.46. The lowest BCUT2D eigenvalue weighted by atomic mass is 9.95. The molecule has 1 unspecified atom stereocenters. The number of hydrogen-bond donors (Lipinski definition) is 0. The monoisotopic (exact) mass is 378 g/mol. The smallest absolute Gasteiger partial charge is 0.272 e. The first-order valence-electron chi connectivity index (χ1n) is 9.18. The number of hydrogen-bond acceptors (Lipinski definition) is 4. The van der Waals surface area contributed by atoms with Gasteiger partial charge in [0.2, 0.25) is 0 Å². The number of fused-ring (bicyclic) bond motifs is 2. The van der Waals surface area contributed by atoms with Gasteiger partial charge in [-0.1, -0.05) is 5.16 Å². The topological polar surface area (TPSA) is 75.5 Å². The predicted octanol–water partition coefficient (Wildman–Crippen LogP) is 1.07.